The zero-order valence-electron chi connectivity index (χ0n) is 19.3. The minimum Gasteiger partial charge on any atom is -0.441 e. The fraction of sp³-hybridized carbons (Fsp3) is 0.136. The Hall–Kier alpha value is -4.79. The first-order chi connectivity index (χ1) is 17.4. The summed E-state index contributed by atoms with van der Waals surface area (Å²) in [7, 11) is 1.35. The average Bonchev–Trinajstić information content (AvgIpc) is 2.83. The number of nitrogens with zero attached hydrogens (tertiary/aromatic N) is 4. The van der Waals surface area contributed by atoms with Crippen molar-refractivity contribution >= 4 is 23.4 Å². The van der Waals surface area contributed by atoms with E-state index < -0.39 is 41.8 Å². The summed E-state index contributed by atoms with van der Waals surface area (Å²) in [5.74, 6) is 0.638. The van der Waals surface area contributed by atoms with Crippen LogP contribution in [0.2, 0.25) is 0 Å². The lowest BCUT2D eigenvalue weighted by Crippen LogP contribution is -2.39. The molecule has 0 aliphatic heterocycles. The topological polar surface area (TPSA) is 161 Å². The van der Waals surface area contributed by atoms with Gasteiger partial charge in [-0.15, -0.1) is 0 Å². The number of hydrogen-bond donors (Lipinski definition) is 4. The maximum atomic E-state index is 13.8. The predicted octanol–water partition coefficient (Wildman–Crippen LogP) is 2.56. The molecule has 0 aliphatic rings. The van der Waals surface area contributed by atoms with E-state index in [1.807, 2.05) is 0 Å². The van der Waals surface area contributed by atoms with E-state index in [2.05, 4.69) is 25.6 Å². The van der Waals surface area contributed by atoms with E-state index in [9.17, 15) is 27.2 Å². The third-order valence-electron chi connectivity index (χ3n) is 4.71. The minimum absolute atomic E-state index is 0.111. The molecule has 1 atom stereocenters. The van der Waals surface area contributed by atoms with Crippen LogP contribution in [-0.4, -0.2) is 39.0 Å². The number of anilines is 1. The van der Waals surface area contributed by atoms with Gasteiger partial charge in [0.05, 0.1) is 29.3 Å². The Morgan fingerprint density at radius 1 is 1.05 bits per heavy atom. The van der Waals surface area contributed by atoms with E-state index in [-0.39, 0.29) is 34.0 Å². The van der Waals surface area contributed by atoms with Crippen molar-refractivity contribution in [3.63, 3.8) is 0 Å². The van der Waals surface area contributed by atoms with Crippen LogP contribution in [0, 0.1) is 23.7 Å². The number of hydrogen-bond acceptors (Lipinski definition) is 9. The van der Waals surface area contributed by atoms with Crippen molar-refractivity contribution in [2.75, 3.05) is 12.4 Å². The highest BCUT2D eigenvalue weighted by Crippen LogP contribution is 2.21. The number of rotatable bonds is 7. The number of nitrogens with two attached hydrogens (primary N) is 2. The fourth-order valence-electron chi connectivity index (χ4n) is 2.97. The van der Waals surface area contributed by atoms with Gasteiger partial charge in [0.1, 0.15) is 17.6 Å². The number of carbonyl (C=O) groups is 2. The molecule has 6 N–H and O–H groups in total. The van der Waals surface area contributed by atoms with Gasteiger partial charge >= 0.3 is 6.09 Å². The number of aromatic nitrogens is 3. The monoisotopic (exact) mass is 520 g/mol. The molecule has 3 aromatic heterocycles. The summed E-state index contributed by atoms with van der Waals surface area (Å²) in [5.41, 5.74) is 5.64. The molecular weight excluding hydrogens is 500 g/mol. The SMILES string of the molecule is C[C@@H](OC(=O)N/C(=C(/N)c1ccc(NC(=O)c2cc(F)nc(F)c2)cn1)N(C)N)c1cc(F)cnc1F. The first-order valence-electron chi connectivity index (χ1n) is 10.3. The fourth-order valence-corrected chi connectivity index (χ4v) is 2.97. The van der Waals surface area contributed by atoms with Crippen LogP contribution in [0.4, 0.5) is 28.0 Å². The van der Waals surface area contributed by atoms with Crippen LogP contribution < -0.4 is 22.2 Å². The normalized spacial score (nSPS) is 12.3. The van der Waals surface area contributed by atoms with Crippen molar-refractivity contribution in [3.8, 4) is 0 Å². The van der Waals surface area contributed by atoms with Gasteiger partial charge in [-0.05, 0) is 25.1 Å². The van der Waals surface area contributed by atoms with Crippen molar-refractivity contribution in [3.05, 3.63) is 89.0 Å². The lowest BCUT2D eigenvalue weighted by atomic mass is 10.2. The van der Waals surface area contributed by atoms with Crippen molar-refractivity contribution in [1.29, 1.82) is 0 Å². The van der Waals surface area contributed by atoms with Gasteiger partial charge in [0, 0.05) is 24.7 Å². The van der Waals surface area contributed by atoms with Gasteiger partial charge in [-0.1, -0.05) is 0 Å². The Kier molecular flexibility index (Phi) is 8.19. The second-order valence-electron chi connectivity index (χ2n) is 7.47. The smallest absolute Gasteiger partial charge is 0.413 e. The lowest BCUT2D eigenvalue weighted by Gasteiger charge is -2.21. The lowest BCUT2D eigenvalue weighted by molar-refractivity contribution is 0.102. The second kappa shape index (κ2) is 11.3. The maximum absolute atomic E-state index is 13.8. The van der Waals surface area contributed by atoms with Crippen LogP contribution in [0.1, 0.15) is 34.6 Å². The first kappa shape index (κ1) is 26.8. The molecular formula is C22H20F4N8O3. The van der Waals surface area contributed by atoms with E-state index >= 15 is 0 Å². The van der Waals surface area contributed by atoms with Crippen molar-refractivity contribution < 1.29 is 31.9 Å². The molecule has 0 bridgehead atoms. The van der Waals surface area contributed by atoms with Crippen molar-refractivity contribution in [2.24, 2.45) is 11.6 Å². The van der Waals surface area contributed by atoms with Gasteiger partial charge in [0.15, 0.2) is 5.82 Å². The number of hydrazine groups is 1. The summed E-state index contributed by atoms with van der Waals surface area (Å²) < 4.78 is 58.8. The third kappa shape index (κ3) is 6.88. The molecule has 11 nitrogen and oxygen atoms in total. The molecule has 3 rings (SSSR count). The van der Waals surface area contributed by atoms with Gasteiger partial charge in [0.2, 0.25) is 17.8 Å². The number of nitrogens with one attached hydrogen (secondary N) is 2. The number of halogens is 4. The molecule has 15 heteroatoms. The standard InChI is InChI=1S/C22H20F4N8O3/c1-10(14-7-12(23)8-30-19(14)26)37-22(36)33-20(34(2)28)18(27)15-4-3-13(9-29-15)31-21(35)11-5-16(24)32-17(25)6-11/h3-10H,27-28H2,1-2H3,(H,31,35)(H,33,36)/b20-18-/t10-/m1/s1. The summed E-state index contributed by atoms with van der Waals surface area (Å²) in [4.78, 5) is 34.8. The van der Waals surface area contributed by atoms with Gasteiger partial charge in [0.25, 0.3) is 5.91 Å². The van der Waals surface area contributed by atoms with Gasteiger partial charge < -0.3 is 15.8 Å². The molecule has 2 amide bonds. The molecule has 0 aliphatic carbocycles. The Labute approximate surface area is 207 Å². The summed E-state index contributed by atoms with van der Waals surface area (Å²) in [6, 6.07) is 5.11. The second-order valence-corrected chi connectivity index (χ2v) is 7.47. The summed E-state index contributed by atoms with van der Waals surface area (Å²) in [6.45, 7) is 1.31. The molecule has 0 radical (unpaired) electrons. The Balaban J connectivity index is 1.73. The molecule has 0 spiro atoms. The van der Waals surface area contributed by atoms with E-state index in [4.69, 9.17) is 16.3 Å². The number of alkyl carbamates (subject to hydrolysis) is 1. The largest absolute Gasteiger partial charge is 0.441 e. The predicted molar refractivity (Wildman–Crippen MR) is 122 cm³/mol. The van der Waals surface area contributed by atoms with Crippen LogP contribution >= 0.6 is 0 Å². The molecule has 3 aromatic rings. The van der Waals surface area contributed by atoms with Gasteiger partial charge in [-0.2, -0.15) is 18.2 Å². The number of amides is 2. The zero-order valence-corrected chi connectivity index (χ0v) is 19.3. The van der Waals surface area contributed by atoms with Crippen LogP contribution in [0.5, 0.6) is 0 Å². The molecule has 194 valence electrons. The molecule has 0 unspecified atom stereocenters. The van der Waals surface area contributed by atoms with Crippen LogP contribution in [0.3, 0.4) is 0 Å². The summed E-state index contributed by atoms with van der Waals surface area (Å²) in [5, 5.41) is 5.66. The van der Waals surface area contributed by atoms with Crippen LogP contribution in [-0.2, 0) is 4.74 Å². The van der Waals surface area contributed by atoms with Crippen molar-refractivity contribution in [1.82, 2.24) is 25.3 Å². The van der Waals surface area contributed by atoms with Crippen LogP contribution in [0.15, 0.2) is 48.5 Å². The average molecular weight is 520 g/mol. The highest BCUT2D eigenvalue weighted by Gasteiger charge is 2.20. The quantitative estimate of drug-likeness (QED) is 0.159. The third-order valence-corrected chi connectivity index (χ3v) is 4.71. The van der Waals surface area contributed by atoms with E-state index in [1.54, 1.807) is 0 Å². The molecule has 3 heterocycles. The van der Waals surface area contributed by atoms with Gasteiger partial charge in [-0.25, -0.2) is 20.0 Å². The van der Waals surface area contributed by atoms with E-state index in [0.717, 1.165) is 23.2 Å². The van der Waals surface area contributed by atoms with E-state index in [1.165, 1.54) is 32.3 Å². The molecule has 0 saturated carbocycles. The minimum atomic E-state index is -1.21. The molecule has 0 saturated heterocycles. The zero-order chi connectivity index (χ0) is 27.3. The van der Waals surface area contributed by atoms with Crippen LogP contribution in [0.25, 0.3) is 5.70 Å². The van der Waals surface area contributed by atoms with Crippen molar-refractivity contribution in [2.45, 2.75) is 13.0 Å². The highest BCUT2D eigenvalue weighted by molar-refractivity contribution is 6.04. The van der Waals surface area contributed by atoms with E-state index in [0.29, 0.717) is 6.20 Å². The molecule has 0 aromatic carbocycles. The first-order valence-corrected chi connectivity index (χ1v) is 10.3. The number of carbonyl (C=O) groups excluding carboxylic acids is 2. The molecule has 0 fully saturated rings. The molecule has 37 heavy (non-hydrogen) atoms. The number of pyridine rings is 3. The Morgan fingerprint density at radius 2 is 1.73 bits per heavy atom. The summed E-state index contributed by atoms with van der Waals surface area (Å²) >= 11 is 0. The summed E-state index contributed by atoms with van der Waals surface area (Å²) in [6.07, 6.45) is -0.425. The Morgan fingerprint density at radius 3 is 2.32 bits per heavy atom. The highest BCUT2D eigenvalue weighted by atomic mass is 19.1. The maximum Gasteiger partial charge on any atom is 0.413 e. The Bertz CT molecular complexity index is 1330. The number of ether oxygens (including phenoxy) is 1. The van der Waals surface area contributed by atoms with Gasteiger partial charge in [-0.3, -0.25) is 20.1 Å².